The zero-order valence-electron chi connectivity index (χ0n) is 28.1. The number of ether oxygens (including phenoxy) is 1. The van der Waals surface area contributed by atoms with Crippen molar-refractivity contribution < 1.29 is 9.53 Å². The number of nitrogens with one attached hydrogen (secondary N) is 3. The van der Waals surface area contributed by atoms with Crippen molar-refractivity contribution >= 4 is 39.9 Å². The Labute approximate surface area is 280 Å². The number of pyridine rings is 1. The highest BCUT2D eigenvalue weighted by atomic mass is 16.5. The van der Waals surface area contributed by atoms with Crippen LogP contribution in [-0.4, -0.2) is 30.8 Å². The Balaban J connectivity index is 1.19. The number of nitrogens with zero attached hydrogens (tertiary/aromatic N) is 5. The van der Waals surface area contributed by atoms with Gasteiger partial charge in [0, 0.05) is 34.6 Å². The number of hydrogen-bond donors (Lipinski definition) is 3. The molecule has 3 aromatic heterocycles. The molecule has 10 nitrogen and oxygen atoms in total. The highest BCUT2D eigenvalue weighted by Gasteiger charge is 2.22. The van der Waals surface area contributed by atoms with Gasteiger partial charge in [-0.05, 0) is 73.4 Å². The van der Waals surface area contributed by atoms with Crippen molar-refractivity contribution in [2.24, 2.45) is 0 Å². The molecule has 0 bridgehead atoms. The Morgan fingerprint density at radius 1 is 0.875 bits per heavy atom. The Morgan fingerprint density at radius 3 is 2.40 bits per heavy atom. The van der Waals surface area contributed by atoms with E-state index in [1.54, 1.807) is 23.3 Å². The van der Waals surface area contributed by atoms with Gasteiger partial charge in [0.15, 0.2) is 0 Å². The Bertz CT molecular complexity index is 2080. The number of urea groups is 1. The summed E-state index contributed by atoms with van der Waals surface area (Å²) < 4.78 is 8.09. The van der Waals surface area contributed by atoms with Gasteiger partial charge in [0.25, 0.3) is 0 Å². The van der Waals surface area contributed by atoms with E-state index >= 15 is 0 Å². The zero-order chi connectivity index (χ0) is 33.8. The molecule has 48 heavy (non-hydrogen) atoms. The molecule has 2 amide bonds. The van der Waals surface area contributed by atoms with E-state index in [9.17, 15) is 4.79 Å². The van der Waals surface area contributed by atoms with Crippen LogP contribution in [0.4, 0.5) is 27.9 Å². The number of rotatable bonds is 9. The monoisotopic (exact) mass is 640 g/mol. The highest BCUT2D eigenvalue weighted by Crippen LogP contribution is 2.33. The largest absolute Gasteiger partial charge is 0.488 e. The van der Waals surface area contributed by atoms with Gasteiger partial charge in [0.05, 0.1) is 29.0 Å². The van der Waals surface area contributed by atoms with Crippen molar-refractivity contribution in [1.29, 1.82) is 0 Å². The number of aryl methyl sites for hydroxylation is 3. The lowest BCUT2D eigenvalue weighted by atomic mass is 9.92. The van der Waals surface area contributed by atoms with Crippen LogP contribution in [-0.2, 0) is 18.4 Å². The summed E-state index contributed by atoms with van der Waals surface area (Å²) in [5.41, 5.74) is 6.31. The summed E-state index contributed by atoms with van der Waals surface area (Å²) in [5, 5.41) is 15.9. The molecule has 0 saturated carbocycles. The molecule has 0 fully saturated rings. The second-order valence-corrected chi connectivity index (χ2v) is 12.9. The Morgan fingerprint density at radius 2 is 1.65 bits per heavy atom. The standard InChI is InChI=1S/C38H40N8O2/c1-7-27-21-39-22-35(41-27)43-34-19-26(14-15-40-34)23-48-32-13-12-31(29-10-8-9-11-30(29)32)42-37(47)44-36-20-33(38(4,5)6)45-46(36)28-17-24(2)16-25(3)18-28/h8-22H,7,23H2,1-6H3,(H,40,41,43)(H2,42,44,47). The summed E-state index contributed by atoms with van der Waals surface area (Å²) in [5.74, 6) is 2.58. The molecule has 0 saturated heterocycles. The molecule has 0 radical (unpaired) electrons. The van der Waals surface area contributed by atoms with Gasteiger partial charge in [-0.1, -0.05) is 58.0 Å². The summed E-state index contributed by atoms with van der Waals surface area (Å²) in [6.45, 7) is 12.8. The third-order valence-corrected chi connectivity index (χ3v) is 7.82. The quantitative estimate of drug-likeness (QED) is 0.145. The molecule has 6 aromatic rings. The zero-order valence-corrected chi connectivity index (χ0v) is 28.1. The summed E-state index contributed by atoms with van der Waals surface area (Å²) in [7, 11) is 0. The molecule has 3 aromatic carbocycles. The maximum Gasteiger partial charge on any atom is 0.324 e. The third-order valence-electron chi connectivity index (χ3n) is 7.82. The van der Waals surface area contributed by atoms with Crippen molar-refractivity contribution in [2.45, 2.75) is 60.0 Å². The number of hydrogen-bond acceptors (Lipinski definition) is 7. The van der Waals surface area contributed by atoms with E-state index in [4.69, 9.17) is 9.84 Å². The number of carbonyl (C=O) groups is 1. The van der Waals surface area contributed by atoms with Crippen LogP contribution in [0.2, 0.25) is 0 Å². The fourth-order valence-corrected chi connectivity index (χ4v) is 5.44. The molecule has 3 N–H and O–H groups in total. The summed E-state index contributed by atoms with van der Waals surface area (Å²) in [6, 6.07) is 23.2. The van der Waals surface area contributed by atoms with E-state index in [0.717, 1.165) is 51.0 Å². The van der Waals surface area contributed by atoms with Crippen LogP contribution in [0.1, 0.15) is 55.8 Å². The van der Waals surface area contributed by atoms with E-state index in [2.05, 4.69) is 83.7 Å². The van der Waals surface area contributed by atoms with Crippen molar-refractivity contribution in [1.82, 2.24) is 24.7 Å². The maximum absolute atomic E-state index is 13.5. The lowest BCUT2D eigenvalue weighted by Crippen LogP contribution is -2.21. The second-order valence-electron chi connectivity index (χ2n) is 12.9. The average molecular weight is 641 g/mol. The molecule has 6 rings (SSSR count). The van der Waals surface area contributed by atoms with Gasteiger partial charge in [0.2, 0.25) is 0 Å². The molecular weight excluding hydrogens is 600 g/mol. The Kier molecular flexibility index (Phi) is 9.07. The first-order valence-corrected chi connectivity index (χ1v) is 16.0. The van der Waals surface area contributed by atoms with Crippen LogP contribution < -0.4 is 20.7 Å². The molecule has 0 atom stereocenters. The first kappa shape index (κ1) is 32.2. The van der Waals surface area contributed by atoms with Crippen LogP contribution >= 0.6 is 0 Å². The van der Waals surface area contributed by atoms with Gasteiger partial charge in [-0.3, -0.25) is 10.3 Å². The fourth-order valence-electron chi connectivity index (χ4n) is 5.44. The van der Waals surface area contributed by atoms with Crippen molar-refractivity contribution in [3.8, 4) is 11.4 Å². The molecule has 0 aliphatic carbocycles. The SMILES string of the molecule is CCc1cncc(Nc2cc(COc3ccc(NC(=O)Nc4cc(C(C)(C)C)nn4-c4cc(C)cc(C)c4)c4ccccc34)ccn2)n1. The van der Waals surface area contributed by atoms with Gasteiger partial charge in [-0.15, -0.1) is 0 Å². The van der Waals surface area contributed by atoms with Crippen LogP contribution in [0.25, 0.3) is 16.5 Å². The summed E-state index contributed by atoms with van der Waals surface area (Å²) in [4.78, 5) is 26.7. The molecule has 0 aliphatic heterocycles. The van der Waals surface area contributed by atoms with E-state index in [1.807, 2.05) is 61.5 Å². The summed E-state index contributed by atoms with van der Waals surface area (Å²) in [6.07, 6.45) is 5.97. The maximum atomic E-state index is 13.5. The number of fused-ring (bicyclic) bond motifs is 1. The van der Waals surface area contributed by atoms with Gasteiger partial charge >= 0.3 is 6.03 Å². The molecule has 244 valence electrons. The first-order chi connectivity index (χ1) is 23.1. The smallest absolute Gasteiger partial charge is 0.324 e. The molecule has 0 spiro atoms. The number of anilines is 4. The minimum atomic E-state index is -0.370. The van der Waals surface area contributed by atoms with Crippen molar-refractivity contribution in [2.75, 3.05) is 16.0 Å². The number of carbonyl (C=O) groups excluding carboxylic acids is 1. The topological polar surface area (TPSA) is 119 Å². The molecular formula is C38H40N8O2. The predicted octanol–water partition coefficient (Wildman–Crippen LogP) is 8.65. The van der Waals surface area contributed by atoms with Crippen LogP contribution in [0.3, 0.4) is 0 Å². The molecule has 0 aliphatic rings. The molecule has 10 heteroatoms. The van der Waals surface area contributed by atoms with Gasteiger partial charge in [-0.2, -0.15) is 5.10 Å². The predicted molar refractivity (Wildman–Crippen MR) is 192 cm³/mol. The average Bonchev–Trinajstić information content (AvgIpc) is 3.49. The van der Waals surface area contributed by atoms with Crippen LogP contribution in [0.15, 0.2) is 91.4 Å². The second kappa shape index (κ2) is 13.5. The van der Waals surface area contributed by atoms with E-state index in [-0.39, 0.29) is 11.4 Å². The number of benzene rings is 3. The van der Waals surface area contributed by atoms with E-state index in [1.165, 1.54) is 0 Å². The van der Waals surface area contributed by atoms with Gasteiger partial charge in [-0.25, -0.2) is 19.4 Å². The van der Waals surface area contributed by atoms with E-state index in [0.29, 0.717) is 35.5 Å². The van der Waals surface area contributed by atoms with Crippen molar-refractivity contribution in [3.63, 3.8) is 0 Å². The normalized spacial score (nSPS) is 11.4. The lowest BCUT2D eigenvalue weighted by molar-refractivity contribution is 0.262. The number of amides is 2. The molecule has 3 heterocycles. The fraction of sp³-hybridized carbons (Fsp3) is 0.237. The Hall–Kier alpha value is -5.77. The highest BCUT2D eigenvalue weighted by molar-refractivity contribution is 6.07. The number of aromatic nitrogens is 5. The lowest BCUT2D eigenvalue weighted by Gasteiger charge is -2.15. The van der Waals surface area contributed by atoms with Crippen LogP contribution in [0.5, 0.6) is 5.75 Å². The minimum Gasteiger partial charge on any atom is -0.488 e. The van der Waals surface area contributed by atoms with E-state index < -0.39 is 0 Å². The van der Waals surface area contributed by atoms with Crippen LogP contribution in [0, 0.1) is 13.8 Å². The first-order valence-electron chi connectivity index (χ1n) is 16.0. The van der Waals surface area contributed by atoms with Gasteiger partial charge < -0.3 is 15.4 Å². The minimum absolute atomic E-state index is 0.202. The third kappa shape index (κ3) is 7.44. The van der Waals surface area contributed by atoms with Gasteiger partial charge in [0.1, 0.15) is 29.8 Å². The molecule has 0 unspecified atom stereocenters. The summed E-state index contributed by atoms with van der Waals surface area (Å²) >= 11 is 0. The van der Waals surface area contributed by atoms with Crippen molar-refractivity contribution in [3.05, 3.63) is 119 Å².